The van der Waals surface area contributed by atoms with E-state index in [1.165, 1.54) is 57.8 Å². The first-order valence-electron chi connectivity index (χ1n) is 16.0. The van der Waals surface area contributed by atoms with Crippen LogP contribution in [0.15, 0.2) is 12.2 Å². The van der Waals surface area contributed by atoms with E-state index in [0.29, 0.717) is 11.3 Å². The molecule has 0 aromatic heterocycles. The summed E-state index contributed by atoms with van der Waals surface area (Å²) in [5.41, 5.74) is -0.928. The Balaban J connectivity index is 1.66. The van der Waals surface area contributed by atoms with Crippen LogP contribution in [0.2, 0.25) is 0 Å². The van der Waals surface area contributed by atoms with Gasteiger partial charge in [-0.15, -0.1) is 0 Å². The Labute approximate surface area is 235 Å². The zero-order valence-electron chi connectivity index (χ0n) is 26.2. The van der Waals surface area contributed by atoms with Gasteiger partial charge in [-0.1, -0.05) is 78.4 Å². The van der Waals surface area contributed by atoms with Crippen molar-refractivity contribution in [1.82, 2.24) is 0 Å². The first-order chi connectivity index (χ1) is 17.7. The monoisotopic (exact) mass is 534 g/mol. The molecule has 0 aromatic rings. The summed E-state index contributed by atoms with van der Waals surface area (Å²) in [6, 6.07) is 0. The maximum atomic E-state index is 11.4. The lowest BCUT2D eigenvalue weighted by atomic mass is 9.49. The summed E-state index contributed by atoms with van der Waals surface area (Å²) in [6.07, 6.45) is 19.2. The topological polar surface area (TPSA) is 69.9 Å². The van der Waals surface area contributed by atoms with Crippen molar-refractivity contribution in [2.45, 2.75) is 175 Å². The molecule has 1 saturated heterocycles. The molecule has 4 heteroatoms. The van der Waals surface area contributed by atoms with Crippen molar-refractivity contribution in [1.29, 1.82) is 0 Å². The Hall–Kier alpha value is -0.420. The van der Waals surface area contributed by atoms with Crippen molar-refractivity contribution in [3.8, 4) is 0 Å². The summed E-state index contributed by atoms with van der Waals surface area (Å²) in [6.45, 7) is 17.1. The minimum atomic E-state index is -0.878. The highest BCUT2D eigenvalue weighted by molar-refractivity contribution is 5.08. The first-order valence-corrected chi connectivity index (χ1v) is 16.0. The fraction of sp³-hybridized carbons (Fsp3) is 0.941. The molecule has 8 atom stereocenters. The molecule has 3 N–H and O–H groups in total. The average molecular weight is 535 g/mol. The Bertz CT molecular complexity index is 784. The largest absolute Gasteiger partial charge is 0.393 e. The van der Waals surface area contributed by atoms with Crippen molar-refractivity contribution >= 4 is 0 Å². The van der Waals surface area contributed by atoms with E-state index < -0.39 is 17.3 Å². The predicted molar refractivity (Wildman–Crippen MR) is 158 cm³/mol. The third kappa shape index (κ3) is 6.55. The van der Waals surface area contributed by atoms with Crippen LogP contribution in [0.25, 0.3) is 0 Å². The van der Waals surface area contributed by atoms with Gasteiger partial charge in [-0.05, 0) is 101 Å². The normalized spacial score (nSPS) is 37.1. The van der Waals surface area contributed by atoms with Gasteiger partial charge in [-0.2, -0.15) is 0 Å². The van der Waals surface area contributed by atoms with E-state index >= 15 is 0 Å². The second-order valence-corrected chi connectivity index (χ2v) is 15.2. The standard InChI is InChI=1S/C34H62O4/c1-9-16-25(35)29(33(8)23-19-28(38-33)31(5,6)37)32(7,10-2)20-13-11-14-21-34-22-15-12-17-26(34)30(3,4)27(36)18-24-34/h9,16,25-29,35-37H,10-15,17-24H2,1-8H3/b16-9+/t25?,26?,27?,28?,29?,32?,33-,34?/m1/s1. The van der Waals surface area contributed by atoms with Crippen molar-refractivity contribution < 1.29 is 20.1 Å². The highest BCUT2D eigenvalue weighted by atomic mass is 16.5. The number of rotatable bonds is 12. The summed E-state index contributed by atoms with van der Waals surface area (Å²) in [7, 11) is 0. The van der Waals surface area contributed by atoms with Crippen LogP contribution in [-0.4, -0.2) is 44.8 Å². The molecule has 3 fully saturated rings. The summed E-state index contributed by atoms with van der Waals surface area (Å²) >= 11 is 0. The molecule has 222 valence electrons. The Morgan fingerprint density at radius 2 is 1.68 bits per heavy atom. The quantitative estimate of drug-likeness (QED) is 0.175. The second-order valence-electron chi connectivity index (χ2n) is 15.2. The molecular weight excluding hydrogens is 472 g/mol. The molecule has 0 aromatic carbocycles. The van der Waals surface area contributed by atoms with Crippen molar-refractivity contribution in [3.63, 3.8) is 0 Å². The minimum Gasteiger partial charge on any atom is -0.393 e. The number of ether oxygens (including phenoxy) is 1. The zero-order chi connectivity index (χ0) is 28.4. The van der Waals surface area contributed by atoms with Gasteiger partial charge in [0.25, 0.3) is 0 Å². The minimum absolute atomic E-state index is 0.0227. The molecule has 3 rings (SSSR count). The SMILES string of the molecule is C/C=C/C(O)C(C(C)(CC)CCCCCC12CCCCC1C(C)(C)C(O)CC2)[C@@]1(C)CCC(C(C)(C)O)O1. The number of aliphatic hydroxyl groups excluding tert-OH is 2. The summed E-state index contributed by atoms with van der Waals surface area (Å²) in [5, 5.41) is 32.8. The molecule has 1 heterocycles. The third-order valence-electron chi connectivity index (χ3n) is 11.8. The van der Waals surface area contributed by atoms with Crippen molar-refractivity contribution in [2.24, 2.45) is 28.1 Å². The molecular formula is C34H62O4. The van der Waals surface area contributed by atoms with Crippen molar-refractivity contribution in [3.05, 3.63) is 12.2 Å². The average Bonchev–Trinajstić information content (AvgIpc) is 3.25. The number of unbranched alkanes of at least 4 members (excludes halogenated alkanes) is 2. The fourth-order valence-electron chi connectivity index (χ4n) is 9.36. The van der Waals surface area contributed by atoms with E-state index in [1.54, 1.807) is 0 Å². The first kappa shape index (κ1) is 32.1. The van der Waals surface area contributed by atoms with E-state index in [2.05, 4.69) is 34.6 Å². The van der Waals surface area contributed by atoms with Crippen molar-refractivity contribution in [2.75, 3.05) is 0 Å². The summed E-state index contributed by atoms with van der Waals surface area (Å²) in [5.74, 6) is 0.627. The Morgan fingerprint density at radius 3 is 2.29 bits per heavy atom. The van der Waals surface area contributed by atoms with E-state index in [1.807, 2.05) is 32.9 Å². The molecule has 0 radical (unpaired) electrons. The van der Waals surface area contributed by atoms with E-state index in [4.69, 9.17) is 4.74 Å². The smallest absolute Gasteiger partial charge is 0.0865 e. The predicted octanol–water partition coefficient (Wildman–Crippen LogP) is 7.97. The van der Waals surface area contributed by atoms with Crippen LogP contribution in [0, 0.1) is 28.1 Å². The summed E-state index contributed by atoms with van der Waals surface area (Å²) < 4.78 is 6.62. The molecule has 2 aliphatic carbocycles. The lowest BCUT2D eigenvalue weighted by molar-refractivity contribution is -0.171. The van der Waals surface area contributed by atoms with Gasteiger partial charge < -0.3 is 20.1 Å². The van der Waals surface area contributed by atoms with Crippen LogP contribution in [0.5, 0.6) is 0 Å². The van der Waals surface area contributed by atoms with Gasteiger partial charge >= 0.3 is 0 Å². The van der Waals surface area contributed by atoms with Gasteiger partial charge in [0.1, 0.15) is 0 Å². The molecule has 0 spiro atoms. The number of aliphatic hydroxyl groups is 3. The maximum absolute atomic E-state index is 11.4. The van der Waals surface area contributed by atoms with E-state index in [0.717, 1.165) is 32.1 Å². The molecule has 38 heavy (non-hydrogen) atoms. The number of fused-ring (bicyclic) bond motifs is 1. The van der Waals surface area contributed by atoms with Gasteiger partial charge in [-0.25, -0.2) is 0 Å². The van der Waals surface area contributed by atoms with Gasteiger partial charge in [0, 0.05) is 5.92 Å². The highest BCUT2D eigenvalue weighted by Gasteiger charge is 2.55. The number of hydrogen-bond acceptors (Lipinski definition) is 4. The zero-order valence-corrected chi connectivity index (χ0v) is 26.2. The Morgan fingerprint density at radius 1 is 0.974 bits per heavy atom. The van der Waals surface area contributed by atoms with Crippen LogP contribution in [0.4, 0.5) is 0 Å². The van der Waals surface area contributed by atoms with Gasteiger partial charge in [-0.3, -0.25) is 0 Å². The van der Waals surface area contributed by atoms with Gasteiger partial charge in [0.2, 0.25) is 0 Å². The summed E-state index contributed by atoms with van der Waals surface area (Å²) in [4.78, 5) is 0. The van der Waals surface area contributed by atoms with E-state index in [9.17, 15) is 15.3 Å². The van der Waals surface area contributed by atoms with Gasteiger partial charge in [0.15, 0.2) is 0 Å². The molecule has 0 amide bonds. The van der Waals surface area contributed by atoms with Crippen LogP contribution in [0.3, 0.4) is 0 Å². The third-order valence-corrected chi connectivity index (χ3v) is 11.8. The molecule has 3 aliphatic rings. The maximum Gasteiger partial charge on any atom is 0.0865 e. The molecule has 1 aliphatic heterocycles. The lowest BCUT2D eigenvalue weighted by Crippen LogP contribution is -2.52. The molecule has 7 unspecified atom stereocenters. The number of allylic oxidation sites excluding steroid dienone is 1. The highest BCUT2D eigenvalue weighted by Crippen LogP contribution is 2.60. The van der Waals surface area contributed by atoms with Crippen LogP contribution in [-0.2, 0) is 4.74 Å². The molecule has 2 saturated carbocycles. The fourth-order valence-corrected chi connectivity index (χ4v) is 9.36. The lowest BCUT2D eigenvalue weighted by Gasteiger charge is -2.57. The van der Waals surface area contributed by atoms with Crippen LogP contribution < -0.4 is 0 Å². The van der Waals surface area contributed by atoms with Crippen LogP contribution in [0.1, 0.15) is 145 Å². The molecule has 0 bridgehead atoms. The van der Waals surface area contributed by atoms with E-state index in [-0.39, 0.29) is 29.0 Å². The molecule has 4 nitrogen and oxygen atoms in total. The Kier molecular flexibility index (Phi) is 10.3. The van der Waals surface area contributed by atoms with Gasteiger partial charge in [0.05, 0.1) is 29.5 Å². The number of hydrogen-bond donors (Lipinski definition) is 3. The van der Waals surface area contributed by atoms with Crippen LogP contribution >= 0.6 is 0 Å². The second kappa shape index (κ2) is 12.2.